The average Bonchev–Trinajstić information content (AvgIpc) is 3.82. The van der Waals surface area contributed by atoms with Gasteiger partial charge in [0, 0.05) is 93.5 Å². The van der Waals surface area contributed by atoms with Crippen LogP contribution < -0.4 is 15.1 Å². The highest BCUT2D eigenvalue weighted by molar-refractivity contribution is 9.10. The topological polar surface area (TPSA) is 150 Å². The lowest BCUT2D eigenvalue weighted by atomic mass is 10.0. The second kappa shape index (κ2) is 17.1. The Morgan fingerprint density at radius 1 is 0.667 bits per heavy atom. The van der Waals surface area contributed by atoms with Gasteiger partial charge in [0.25, 0.3) is 0 Å². The van der Waals surface area contributed by atoms with Gasteiger partial charge in [0.15, 0.2) is 5.82 Å². The van der Waals surface area contributed by atoms with Crippen molar-refractivity contribution in [1.29, 1.82) is 0 Å². The predicted octanol–water partition coefficient (Wildman–Crippen LogP) is 6.67. The second-order valence-electron chi connectivity index (χ2n) is 14.2. The summed E-state index contributed by atoms with van der Waals surface area (Å²) in [6.45, 7) is 10.6. The van der Waals surface area contributed by atoms with Crippen LogP contribution in [0.3, 0.4) is 0 Å². The Morgan fingerprint density at radius 2 is 1.30 bits per heavy atom. The molecule has 2 aliphatic rings. The van der Waals surface area contributed by atoms with Crippen LogP contribution in [0.1, 0.15) is 25.3 Å². The zero-order valence-electron chi connectivity index (χ0n) is 32.4. The molecule has 2 aliphatic heterocycles. The van der Waals surface area contributed by atoms with Crippen LogP contribution in [0.4, 0.5) is 23.3 Å². The van der Waals surface area contributed by atoms with Crippen molar-refractivity contribution in [3.63, 3.8) is 0 Å². The first kappa shape index (κ1) is 38.1. The molecule has 0 aromatic carbocycles. The molecule has 1 N–H and O–H groups in total. The Balaban J connectivity index is 0.000000200. The summed E-state index contributed by atoms with van der Waals surface area (Å²) in [5.41, 5.74) is 8.52. The van der Waals surface area contributed by atoms with E-state index in [-0.39, 0.29) is 0 Å². The highest BCUT2D eigenvalue weighted by Crippen LogP contribution is 2.34. The first-order valence-electron chi connectivity index (χ1n) is 19.0. The van der Waals surface area contributed by atoms with Gasteiger partial charge in [-0.15, -0.1) is 5.10 Å². The number of nitrogens with zero attached hydrogens (tertiary/aromatic N) is 12. The quantitative estimate of drug-likeness (QED) is 0.174. The summed E-state index contributed by atoms with van der Waals surface area (Å²) in [5, 5.41) is 20.9. The fourth-order valence-electron chi connectivity index (χ4n) is 6.74. The molecule has 0 bridgehead atoms. The minimum Gasteiger partial charge on any atom is -0.378 e. The first-order chi connectivity index (χ1) is 27.8. The van der Waals surface area contributed by atoms with Gasteiger partial charge in [0.2, 0.25) is 0 Å². The number of morpholine rings is 2. The minimum atomic E-state index is 0.362. The maximum absolute atomic E-state index is 5.50. The molecule has 7 aromatic heterocycles. The van der Waals surface area contributed by atoms with Gasteiger partial charge in [-0.3, -0.25) is 14.3 Å². The smallest absolute Gasteiger partial charge is 0.154 e. The van der Waals surface area contributed by atoms with E-state index in [0.29, 0.717) is 30.8 Å². The number of hydrogen-bond acceptors (Lipinski definition) is 13. The van der Waals surface area contributed by atoms with E-state index in [9.17, 15) is 0 Å². The van der Waals surface area contributed by atoms with Crippen LogP contribution in [-0.2, 0) is 23.6 Å². The van der Waals surface area contributed by atoms with Gasteiger partial charge in [0.1, 0.15) is 28.8 Å². The zero-order valence-corrected chi connectivity index (χ0v) is 34.0. The van der Waals surface area contributed by atoms with Gasteiger partial charge in [-0.25, -0.2) is 15.0 Å². The Morgan fingerprint density at radius 3 is 1.93 bits per heavy atom. The molecule has 9 heterocycles. The number of anilines is 4. The molecule has 2 saturated heterocycles. The van der Waals surface area contributed by atoms with Crippen LogP contribution >= 0.6 is 15.9 Å². The number of pyridine rings is 4. The third-order valence-corrected chi connectivity index (χ3v) is 10.3. The molecule has 16 heteroatoms. The van der Waals surface area contributed by atoms with Gasteiger partial charge < -0.3 is 24.6 Å². The van der Waals surface area contributed by atoms with E-state index in [4.69, 9.17) is 19.6 Å². The zero-order chi connectivity index (χ0) is 39.3. The third kappa shape index (κ3) is 8.93. The number of fused-ring (bicyclic) bond motifs is 1. The maximum atomic E-state index is 5.50. The van der Waals surface area contributed by atoms with E-state index in [1.165, 1.54) is 0 Å². The summed E-state index contributed by atoms with van der Waals surface area (Å²) in [4.78, 5) is 23.0. The maximum Gasteiger partial charge on any atom is 0.154 e. The highest BCUT2D eigenvalue weighted by Gasteiger charge is 2.18. The number of aromatic nitrogens is 10. The minimum absolute atomic E-state index is 0.362. The number of hydrogen-bond donors (Lipinski definition) is 1. The first-order valence-corrected chi connectivity index (χ1v) is 19.7. The summed E-state index contributed by atoms with van der Waals surface area (Å²) >= 11 is 3.54. The molecule has 7 aromatic rings. The van der Waals surface area contributed by atoms with Crippen molar-refractivity contribution in [3.8, 4) is 33.6 Å². The van der Waals surface area contributed by atoms with Gasteiger partial charge in [-0.1, -0.05) is 13.8 Å². The van der Waals surface area contributed by atoms with Crippen molar-refractivity contribution in [3.05, 3.63) is 95.7 Å². The molecule has 57 heavy (non-hydrogen) atoms. The van der Waals surface area contributed by atoms with Crippen LogP contribution in [0.25, 0.3) is 44.7 Å². The van der Waals surface area contributed by atoms with E-state index in [1.54, 1.807) is 10.9 Å². The van der Waals surface area contributed by atoms with Crippen molar-refractivity contribution in [2.24, 2.45) is 14.1 Å². The molecule has 0 atom stereocenters. The third-order valence-electron chi connectivity index (χ3n) is 9.77. The van der Waals surface area contributed by atoms with Gasteiger partial charge in [0.05, 0.1) is 48.1 Å². The normalized spacial score (nSPS) is 14.5. The van der Waals surface area contributed by atoms with E-state index in [1.807, 2.05) is 86.2 Å². The number of nitrogens with one attached hydrogen (secondary N) is 1. The van der Waals surface area contributed by atoms with Crippen molar-refractivity contribution in [2.45, 2.75) is 19.8 Å². The van der Waals surface area contributed by atoms with Gasteiger partial charge in [-0.05, 0) is 75.9 Å². The highest BCUT2D eigenvalue weighted by atomic mass is 79.9. The molecule has 0 spiro atoms. The largest absolute Gasteiger partial charge is 0.378 e. The average molecular weight is 831 g/mol. The summed E-state index contributed by atoms with van der Waals surface area (Å²) in [6, 6.07) is 16.1. The number of ether oxygens (including phenoxy) is 2. The van der Waals surface area contributed by atoms with Gasteiger partial charge in [-0.2, -0.15) is 15.3 Å². The monoisotopic (exact) mass is 829 g/mol. The SMILES string of the molecule is CC(C)c1cnnc(Nc2ccc3ncc(-c4cn(C)nc4-c4ccnc(N5CCOCC5)c4)cc3n2)c1.Cn1cc(Br)c(-c2ccnc(N3CCOCC3)c2)n1. The number of rotatable bonds is 8. The lowest BCUT2D eigenvalue weighted by Crippen LogP contribution is -2.36. The molecule has 0 saturated carbocycles. The van der Waals surface area contributed by atoms with Crippen LogP contribution in [-0.4, -0.2) is 102 Å². The summed E-state index contributed by atoms with van der Waals surface area (Å²) in [6.07, 6.45) is 11.3. The molecule has 2 fully saturated rings. The van der Waals surface area contributed by atoms with Crippen LogP contribution in [0.5, 0.6) is 0 Å². The number of halogens is 1. The molecule has 0 aliphatic carbocycles. The van der Waals surface area contributed by atoms with Crippen molar-refractivity contribution in [1.82, 2.24) is 49.7 Å². The van der Waals surface area contributed by atoms with E-state index in [2.05, 4.69) is 87.3 Å². The molecule has 0 amide bonds. The van der Waals surface area contributed by atoms with Crippen molar-refractivity contribution in [2.75, 3.05) is 67.7 Å². The Kier molecular flexibility index (Phi) is 11.4. The lowest BCUT2D eigenvalue weighted by molar-refractivity contribution is 0.122. The number of aryl methyl sites for hydroxylation is 2. The molecule has 0 unspecified atom stereocenters. The predicted molar refractivity (Wildman–Crippen MR) is 225 cm³/mol. The van der Waals surface area contributed by atoms with E-state index in [0.717, 1.165) is 106 Å². The summed E-state index contributed by atoms with van der Waals surface area (Å²) < 4.78 is 15.5. The van der Waals surface area contributed by atoms with Gasteiger partial charge >= 0.3 is 0 Å². The van der Waals surface area contributed by atoms with Crippen LogP contribution in [0.15, 0.2) is 90.2 Å². The molecular weight excluding hydrogens is 786 g/mol. The Hall–Kier alpha value is -5.84. The van der Waals surface area contributed by atoms with Crippen molar-refractivity contribution >= 4 is 50.2 Å². The van der Waals surface area contributed by atoms with Crippen molar-refractivity contribution < 1.29 is 9.47 Å². The Bertz CT molecular complexity index is 2470. The molecule has 292 valence electrons. The standard InChI is InChI=1S/C28H29N9O.C13H15BrN4O/c1-18(2)20-13-26(34-31-16-20)33-25-5-4-23-24(32-25)12-21(15-30-23)22-17-36(3)35-28(22)19-6-7-29-27(14-19)37-8-10-38-11-9-37;1-17-9-11(14)13(16-17)10-2-3-15-12(8-10)18-4-6-19-7-5-18/h4-7,12-18H,8-11H2,1-3H3,(H,32,33,34);2-3,8-9H,4-7H2,1H3. The molecular formula is C41H44BrN13O2. The van der Waals surface area contributed by atoms with E-state index < -0.39 is 0 Å². The van der Waals surface area contributed by atoms with E-state index >= 15 is 0 Å². The summed E-state index contributed by atoms with van der Waals surface area (Å²) in [5.74, 6) is 3.62. The fraction of sp³-hybridized carbons (Fsp3) is 0.317. The fourth-order valence-corrected chi connectivity index (χ4v) is 7.35. The van der Waals surface area contributed by atoms with Crippen LogP contribution in [0, 0.1) is 0 Å². The lowest BCUT2D eigenvalue weighted by Gasteiger charge is -2.27. The second-order valence-corrected chi connectivity index (χ2v) is 15.0. The molecule has 0 radical (unpaired) electrons. The molecule has 15 nitrogen and oxygen atoms in total. The van der Waals surface area contributed by atoms with Crippen LogP contribution in [0.2, 0.25) is 0 Å². The Labute approximate surface area is 339 Å². The molecule has 9 rings (SSSR count). The summed E-state index contributed by atoms with van der Waals surface area (Å²) in [7, 11) is 3.84.